The highest BCUT2D eigenvalue weighted by atomic mass is 35.5. The van der Waals surface area contributed by atoms with Crippen molar-refractivity contribution in [3.05, 3.63) is 35.4 Å². The van der Waals surface area contributed by atoms with E-state index >= 15 is 0 Å². The average molecular weight is 426 g/mol. The first-order valence-electron chi connectivity index (χ1n) is 8.80. The second-order valence-electron chi connectivity index (χ2n) is 6.71. The molecular weight excluding hydrogens is 399 g/mol. The maximum absolute atomic E-state index is 14.0. The Bertz CT molecular complexity index is 631. The number of benzene rings is 1. The van der Waals surface area contributed by atoms with E-state index in [1.54, 1.807) is 0 Å². The molecule has 1 unspecified atom stereocenters. The van der Waals surface area contributed by atoms with Crippen LogP contribution >= 0.6 is 24.8 Å². The van der Waals surface area contributed by atoms with Crippen LogP contribution in [-0.4, -0.2) is 67.2 Å². The average Bonchev–Trinajstić information content (AvgIpc) is 2.61. The van der Waals surface area contributed by atoms with Crippen LogP contribution in [0.3, 0.4) is 0 Å². The molecule has 0 bridgehead atoms. The van der Waals surface area contributed by atoms with Gasteiger partial charge in [0.05, 0.1) is 12.7 Å². The highest BCUT2D eigenvalue weighted by Gasteiger charge is 2.34. The van der Waals surface area contributed by atoms with Crippen molar-refractivity contribution in [1.29, 1.82) is 0 Å². The molecule has 2 saturated heterocycles. The van der Waals surface area contributed by atoms with E-state index in [0.717, 1.165) is 6.07 Å². The quantitative estimate of drug-likeness (QED) is 0.807. The molecule has 3 atom stereocenters. The molecule has 27 heavy (non-hydrogen) atoms. The van der Waals surface area contributed by atoms with Gasteiger partial charge in [0.25, 0.3) is 0 Å². The first-order chi connectivity index (χ1) is 12.0. The van der Waals surface area contributed by atoms with Gasteiger partial charge in [0, 0.05) is 50.4 Å². The number of piperazine rings is 1. The van der Waals surface area contributed by atoms with Crippen LogP contribution in [0.5, 0.6) is 0 Å². The number of carbonyl (C=O) groups is 1. The summed E-state index contributed by atoms with van der Waals surface area (Å²) in [5.41, 5.74) is 0.483. The van der Waals surface area contributed by atoms with Crippen LogP contribution in [0.2, 0.25) is 0 Å². The van der Waals surface area contributed by atoms with Crippen molar-refractivity contribution in [3.8, 4) is 0 Å². The molecule has 5 nitrogen and oxygen atoms in total. The van der Waals surface area contributed by atoms with E-state index in [0.29, 0.717) is 44.9 Å². The maximum atomic E-state index is 14.0. The minimum absolute atomic E-state index is 0. The lowest BCUT2D eigenvalue weighted by Gasteiger charge is -2.40. The summed E-state index contributed by atoms with van der Waals surface area (Å²) in [6.07, 6.45) is -0.133. The minimum atomic E-state index is -0.569. The van der Waals surface area contributed by atoms with Crippen LogP contribution in [0, 0.1) is 11.6 Å². The Morgan fingerprint density at radius 1 is 1.22 bits per heavy atom. The van der Waals surface area contributed by atoms with E-state index in [1.165, 1.54) is 12.1 Å². The summed E-state index contributed by atoms with van der Waals surface area (Å²) in [4.78, 5) is 16.6. The lowest BCUT2D eigenvalue weighted by Crippen LogP contribution is -2.59. The fourth-order valence-electron chi connectivity index (χ4n) is 3.57. The molecule has 9 heteroatoms. The number of morpholine rings is 1. The third kappa shape index (κ3) is 5.51. The standard InChI is InChI=1S/C18H25F2N3O2.2ClH/c1-12(15-4-3-14(19)11-16(15)20)22-6-8-23(9-7-22)18(24)17-13(2)25-10-5-21-17;;/h3-4,11-13,17,21H,5-10H2,1-2H3;2*1H/t12?,13-,17+;;/m1../s1. The van der Waals surface area contributed by atoms with Crippen LogP contribution < -0.4 is 5.32 Å². The second-order valence-corrected chi connectivity index (χ2v) is 6.71. The molecule has 0 saturated carbocycles. The van der Waals surface area contributed by atoms with Crippen molar-refractivity contribution in [3.63, 3.8) is 0 Å². The van der Waals surface area contributed by atoms with Crippen LogP contribution in [0.25, 0.3) is 0 Å². The minimum Gasteiger partial charge on any atom is -0.375 e. The predicted molar refractivity (Wildman–Crippen MR) is 105 cm³/mol. The van der Waals surface area contributed by atoms with E-state index in [9.17, 15) is 13.6 Å². The summed E-state index contributed by atoms with van der Waals surface area (Å²) in [6.45, 7) is 7.63. The molecule has 0 aromatic heterocycles. The monoisotopic (exact) mass is 425 g/mol. The van der Waals surface area contributed by atoms with Crippen molar-refractivity contribution in [2.24, 2.45) is 0 Å². The van der Waals surface area contributed by atoms with Gasteiger partial charge in [0.15, 0.2) is 0 Å². The zero-order valence-electron chi connectivity index (χ0n) is 15.5. The molecule has 3 rings (SSSR count). The number of halogens is 4. The van der Waals surface area contributed by atoms with Crippen LogP contribution in [-0.2, 0) is 9.53 Å². The molecular formula is C18H27Cl2F2N3O2. The molecule has 1 aromatic rings. The fourth-order valence-corrected chi connectivity index (χ4v) is 3.57. The molecule has 2 fully saturated rings. The molecule has 2 aliphatic heterocycles. The van der Waals surface area contributed by atoms with Crippen LogP contribution in [0.15, 0.2) is 18.2 Å². The van der Waals surface area contributed by atoms with Crippen molar-refractivity contribution >= 4 is 30.7 Å². The second kappa shape index (κ2) is 10.5. The van der Waals surface area contributed by atoms with Crippen molar-refractivity contribution in [2.75, 3.05) is 39.3 Å². The number of ether oxygens (including phenoxy) is 1. The van der Waals surface area contributed by atoms with E-state index in [2.05, 4.69) is 10.2 Å². The summed E-state index contributed by atoms with van der Waals surface area (Å²) in [5.74, 6) is -1.03. The smallest absolute Gasteiger partial charge is 0.242 e. The van der Waals surface area contributed by atoms with Gasteiger partial charge >= 0.3 is 0 Å². The lowest BCUT2D eigenvalue weighted by atomic mass is 10.0. The highest BCUT2D eigenvalue weighted by Crippen LogP contribution is 2.25. The largest absolute Gasteiger partial charge is 0.375 e. The van der Waals surface area contributed by atoms with Crippen molar-refractivity contribution in [2.45, 2.75) is 32.0 Å². The SMILES string of the molecule is CC(c1ccc(F)cc1F)N1CCN(C(=O)[C@H]2NCCO[C@@H]2C)CC1.Cl.Cl. The molecule has 0 aliphatic carbocycles. The van der Waals surface area contributed by atoms with Crippen LogP contribution in [0.1, 0.15) is 25.5 Å². The summed E-state index contributed by atoms with van der Waals surface area (Å²) in [6, 6.07) is 3.24. The van der Waals surface area contributed by atoms with Gasteiger partial charge in [-0.3, -0.25) is 9.69 Å². The lowest BCUT2D eigenvalue weighted by molar-refractivity contribution is -0.141. The number of nitrogens with one attached hydrogen (secondary N) is 1. The Balaban J connectivity index is 0.00000182. The Kier molecular flexibility index (Phi) is 9.38. The number of amides is 1. The zero-order valence-corrected chi connectivity index (χ0v) is 17.1. The summed E-state index contributed by atoms with van der Waals surface area (Å²) in [7, 11) is 0. The van der Waals surface area contributed by atoms with Gasteiger partial charge in [0.1, 0.15) is 17.7 Å². The Labute approximate surface area is 171 Å². The fraction of sp³-hybridized carbons (Fsp3) is 0.611. The first-order valence-corrected chi connectivity index (χ1v) is 8.80. The molecule has 2 heterocycles. The Hall–Kier alpha value is -0.990. The molecule has 0 radical (unpaired) electrons. The summed E-state index contributed by atoms with van der Waals surface area (Å²) < 4.78 is 32.6. The predicted octanol–water partition coefficient (Wildman–Crippen LogP) is 2.39. The number of hydrogen-bond acceptors (Lipinski definition) is 4. The van der Waals surface area contributed by atoms with Gasteiger partial charge in [-0.1, -0.05) is 6.07 Å². The number of hydrogen-bond donors (Lipinski definition) is 1. The molecule has 154 valence electrons. The van der Waals surface area contributed by atoms with Gasteiger partial charge in [0.2, 0.25) is 5.91 Å². The third-order valence-corrected chi connectivity index (χ3v) is 5.17. The highest BCUT2D eigenvalue weighted by molar-refractivity contribution is 5.85. The molecule has 2 aliphatic rings. The van der Waals surface area contributed by atoms with E-state index in [4.69, 9.17) is 4.74 Å². The van der Waals surface area contributed by atoms with Crippen molar-refractivity contribution in [1.82, 2.24) is 15.1 Å². The number of carbonyl (C=O) groups excluding carboxylic acids is 1. The molecule has 1 aromatic carbocycles. The molecule has 0 spiro atoms. The Morgan fingerprint density at radius 2 is 1.89 bits per heavy atom. The third-order valence-electron chi connectivity index (χ3n) is 5.17. The van der Waals surface area contributed by atoms with Gasteiger partial charge in [-0.05, 0) is 19.9 Å². The van der Waals surface area contributed by atoms with E-state index in [1.807, 2.05) is 18.7 Å². The van der Waals surface area contributed by atoms with Gasteiger partial charge in [-0.15, -0.1) is 24.8 Å². The molecule has 1 amide bonds. The van der Waals surface area contributed by atoms with Gasteiger partial charge < -0.3 is 15.0 Å². The van der Waals surface area contributed by atoms with Gasteiger partial charge in [-0.2, -0.15) is 0 Å². The Morgan fingerprint density at radius 3 is 2.48 bits per heavy atom. The van der Waals surface area contributed by atoms with Crippen LogP contribution in [0.4, 0.5) is 8.78 Å². The summed E-state index contributed by atoms with van der Waals surface area (Å²) >= 11 is 0. The topological polar surface area (TPSA) is 44.8 Å². The first kappa shape index (κ1) is 24.0. The maximum Gasteiger partial charge on any atom is 0.242 e. The van der Waals surface area contributed by atoms with E-state index in [-0.39, 0.29) is 48.9 Å². The van der Waals surface area contributed by atoms with Crippen molar-refractivity contribution < 1.29 is 18.3 Å². The zero-order chi connectivity index (χ0) is 18.0. The molecule has 1 N–H and O–H groups in total. The summed E-state index contributed by atoms with van der Waals surface area (Å²) in [5, 5.41) is 3.22. The van der Waals surface area contributed by atoms with Gasteiger partial charge in [-0.25, -0.2) is 8.78 Å². The number of rotatable bonds is 3. The normalized spacial score (nSPS) is 24.5. The van der Waals surface area contributed by atoms with E-state index < -0.39 is 11.6 Å². The number of nitrogens with zero attached hydrogens (tertiary/aromatic N) is 2.